The SMILES string of the molecule is CCC1CCC(N2CCN(CCC(C)C)CC2)CC1. The van der Waals surface area contributed by atoms with E-state index in [0.29, 0.717) is 0 Å². The fraction of sp³-hybridized carbons (Fsp3) is 1.00. The Kier molecular flexibility index (Phi) is 6.15. The van der Waals surface area contributed by atoms with E-state index in [1.807, 2.05) is 0 Å². The molecule has 112 valence electrons. The van der Waals surface area contributed by atoms with E-state index in [1.165, 1.54) is 71.2 Å². The van der Waals surface area contributed by atoms with Crippen molar-refractivity contribution in [3.8, 4) is 0 Å². The van der Waals surface area contributed by atoms with Crippen molar-refractivity contribution in [1.82, 2.24) is 9.80 Å². The molecule has 0 unspecified atom stereocenters. The minimum absolute atomic E-state index is 0.849. The normalized spacial score (nSPS) is 30.9. The Bertz CT molecular complexity index is 236. The van der Waals surface area contributed by atoms with Gasteiger partial charge in [-0.3, -0.25) is 4.90 Å². The molecular weight excluding hydrogens is 232 g/mol. The van der Waals surface area contributed by atoms with Crippen molar-refractivity contribution in [1.29, 1.82) is 0 Å². The van der Waals surface area contributed by atoms with Gasteiger partial charge in [0.1, 0.15) is 0 Å². The third kappa shape index (κ3) is 4.75. The van der Waals surface area contributed by atoms with E-state index >= 15 is 0 Å². The molecule has 0 N–H and O–H groups in total. The quantitative estimate of drug-likeness (QED) is 0.750. The van der Waals surface area contributed by atoms with Crippen LogP contribution >= 0.6 is 0 Å². The first-order chi connectivity index (χ1) is 9.19. The van der Waals surface area contributed by atoms with Gasteiger partial charge in [0.25, 0.3) is 0 Å². The lowest BCUT2D eigenvalue weighted by atomic mass is 9.84. The van der Waals surface area contributed by atoms with Crippen LogP contribution in [0.15, 0.2) is 0 Å². The summed E-state index contributed by atoms with van der Waals surface area (Å²) < 4.78 is 0. The molecule has 0 spiro atoms. The number of nitrogens with zero attached hydrogens (tertiary/aromatic N) is 2. The predicted molar refractivity (Wildman–Crippen MR) is 83.5 cm³/mol. The van der Waals surface area contributed by atoms with Crippen LogP contribution in [0.5, 0.6) is 0 Å². The summed E-state index contributed by atoms with van der Waals surface area (Å²) in [4.78, 5) is 5.46. The molecule has 0 bridgehead atoms. The second kappa shape index (κ2) is 7.64. The molecule has 2 heteroatoms. The summed E-state index contributed by atoms with van der Waals surface area (Å²) >= 11 is 0. The maximum absolute atomic E-state index is 2.79. The van der Waals surface area contributed by atoms with Crippen LogP contribution in [0.2, 0.25) is 0 Å². The molecule has 0 atom stereocenters. The van der Waals surface area contributed by atoms with Crippen LogP contribution in [0, 0.1) is 11.8 Å². The van der Waals surface area contributed by atoms with Crippen molar-refractivity contribution in [2.75, 3.05) is 32.7 Å². The summed E-state index contributed by atoms with van der Waals surface area (Å²) in [6.45, 7) is 13.6. The fourth-order valence-electron chi connectivity index (χ4n) is 3.71. The zero-order valence-electron chi connectivity index (χ0n) is 13.4. The van der Waals surface area contributed by atoms with Crippen LogP contribution in [0.1, 0.15) is 59.3 Å². The fourth-order valence-corrected chi connectivity index (χ4v) is 3.71. The highest BCUT2D eigenvalue weighted by Gasteiger charge is 2.27. The molecular formula is C17H34N2. The smallest absolute Gasteiger partial charge is 0.0113 e. The van der Waals surface area contributed by atoms with Gasteiger partial charge in [0.15, 0.2) is 0 Å². The summed E-state index contributed by atoms with van der Waals surface area (Å²) in [7, 11) is 0. The van der Waals surface area contributed by atoms with Gasteiger partial charge in [-0.1, -0.05) is 27.2 Å². The molecule has 0 aromatic heterocycles. The molecule has 1 heterocycles. The molecule has 1 aliphatic heterocycles. The number of hydrogen-bond donors (Lipinski definition) is 0. The van der Waals surface area contributed by atoms with Crippen molar-refractivity contribution in [2.24, 2.45) is 11.8 Å². The Morgan fingerprint density at radius 1 is 0.947 bits per heavy atom. The second-order valence-electron chi connectivity index (χ2n) is 7.14. The van der Waals surface area contributed by atoms with Crippen molar-refractivity contribution in [3.05, 3.63) is 0 Å². The highest BCUT2D eigenvalue weighted by atomic mass is 15.3. The van der Waals surface area contributed by atoms with E-state index in [0.717, 1.165) is 17.9 Å². The van der Waals surface area contributed by atoms with E-state index in [9.17, 15) is 0 Å². The minimum atomic E-state index is 0.849. The summed E-state index contributed by atoms with van der Waals surface area (Å²) in [5.41, 5.74) is 0. The molecule has 0 aromatic carbocycles. The van der Waals surface area contributed by atoms with Crippen LogP contribution in [-0.4, -0.2) is 48.6 Å². The molecule has 2 nitrogen and oxygen atoms in total. The van der Waals surface area contributed by atoms with Crippen LogP contribution in [0.4, 0.5) is 0 Å². The van der Waals surface area contributed by atoms with Crippen molar-refractivity contribution in [3.63, 3.8) is 0 Å². The number of piperazine rings is 1. The van der Waals surface area contributed by atoms with E-state index in [2.05, 4.69) is 30.6 Å². The molecule has 1 saturated heterocycles. The average molecular weight is 266 g/mol. The van der Waals surface area contributed by atoms with Gasteiger partial charge in [-0.15, -0.1) is 0 Å². The van der Waals surface area contributed by atoms with Gasteiger partial charge in [0.05, 0.1) is 0 Å². The summed E-state index contributed by atoms with van der Waals surface area (Å²) in [5, 5.41) is 0. The molecule has 1 aliphatic carbocycles. The first-order valence-corrected chi connectivity index (χ1v) is 8.65. The van der Waals surface area contributed by atoms with E-state index in [1.54, 1.807) is 0 Å². The Morgan fingerprint density at radius 3 is 2.11 bits per heavy atom. The van der Waals surface area contributed by atoms with Crippen LogP contribution < -0.4 is 0 Å². The number of hydrogen-bond acceptors (Lipinski definition) is 2. The highest BCUT2D eigenvalue weighted by Crippen LogP contribution is 2.29. The minimum Gasteiger partial charge on any atom is -0.301 e. The van der Waals surface area contributed by atoms with Crippen LogP contribution in [-0.2, 0) is 0 Å². The molecule has 0 aromatic rings. The zero-order valence-corrected chi connectivity index (χ0v) is 13.4. The van der Waals surface area contributed by atoms with E-state index in [4.69, 9.17) is 0 Å². The largest absolute Gasteiger partial charge is 0.301 e. The van der Waals surface area contributed by atoms with Gasteiger partial charge >= 0.3 is 0 Å². The van der Waals surface area contributed by atoms with Gasteiger partial charge in [-0.25, -0.2) is 0 Å². The van der Waals surface area contributed by atoms with E-state index in [-0.39, 0.29) is 0 Å². The third-order valence-corrected chi connectivity index (χ3v) is 5.34. The monoisotopic (exact) mass is 266 g/mol. The lowest BCUT2D eigenvalue weighted by Gasteiger charge is -2.42. The lowest BCUT2D eigenvalue weighted by molar-refractivity contribution is 0.0683. The van der Waals surface area contributed by atoms with Gasteiger partial charge in [0, 0.05) is 32.2 Å². The standard InChI is InChI=1S/C17H34N2/c1-4-16-5-7-17(8-6-16)19-13-11-18(12-14-19)10-9-15(2)3/h15-17H,4-14H2,1-3H3. The van der Waals surface area contributed by atoms with Gasteiger partial charge in [-0.05, 0) is 50.5 Å². The molecule has 1 saturated carbocycles. The van der Waals surface area contributed by atoms with Crippen molar-refractivity contribution >= 4 is 0 Å². The Morgan fingerprint density at radius 2 is 1.58 bits per heavy atom. The third-order valence-electron chi connectivity index (χ3n) is 5.34. The first kappa shape index (κ1) is 15.3. The number of rotatable bonds is 5. The lowest BCUT2D eigenvalue weighted by Crippen LogP contribution is -2.51. The molecule has 0 amide bonds. The summed E-state index contributed by atoms with van der Waals surface area (Å²) in [6, 6.07) is 0.912. The summed E-state index contributed by atoms with van der Waals surface area (Å²) in [5.74, 6) is 1.88. The van der Waals surface area contributed by atoms with Crippen LogP contribution in [0.25, 0.3) is 0 Å². The van der Waals surface area contributed by atoms with Crippen molar-refractivity contribution < 1.29 is 0 Å². The zero-order chi connectivity index (χ0) is 13.7. The average Bonchev–Trinajstić information content (AvgIpc) is 2.46. The maximum Gasteiger partial charge on any atom is 0.0113 e. The second-order valence-corrected chi connectivity index (χ2v) is 7.14. The Hall–Kier alpha value is -0.0800. The molecule has 19 heavy (non-hydrogen) atoms. The predicted octanol–water partition coefficient (Wildman–Crippen LogP) is 3.62. The molecule has 2 aliphatic rings. The van der Waals surface area contributed by atoms with Crippen molar-refractivity contribution in [2.45, 2.75) is 65.3 Å². The summed E-state index contributed by atoms with van der Waals surface area (Å²) in [6.07, 6.45) is 8.65. The first-order valence-electron chi connectivity index (χ1n) is 8.65. The molecule has 2 fully saturated rings. The van der Waals surface area contributed by atoms with E-state index < -0.39 is 0 Å². The van der Waals surface area contributed by atoms with Gasteiger partial charge in [-0.2, -0.15) is 0 Å². The van der Waals surface area contributed by atoms with Gasteiger partial charge < -0.3 is 4.90 Å². The highest BCUT2D eigenvalue weighted by molar-refractivity contribution is 4.83. The maximum atomic E-state index is 2.79. The van der Waals surface area contributed by atoms with Gasteiger partial charge in [0.2, 0.25) is 0 Å². The Balaban J connectivity index is 1.66. The topological polar surface area (TPSA) is 6.48 Å². The molecule has 2 rings (SSSR count). The molecule has 0 radical (unpaired) electrons. The van der Waals surface area contributed by atoms with Crippen LogP contribution in [0.3, 0.4) is 0 Å². The Labute approximate surface area is 120 Å².